The van der Waals surface area contributed by atoms with Crippen LogP contribution in [0.3, 0.4) is 0 Å². The lowest BCUT2D eigenvalue weighted by molar-refractivity contribution is -0.297. The predicted octanol–water partition coefficient (Wildman–Crippen LogP) is 1.24. The molecule has 0 saturated carbocycles. The van der Waals surface area contributed by atoms with Gasteiger partial charge in [-0.2, -0.15) is 0 Å². The Kier molecular flexibility index (Phi) is 3.03. The third kappa shape index (κ3) is 2.56. The summed E-state index contributed by atoms with van der Waals surface area (Å²) in [4.78, 5) is 10.0. The molecule has 0 saturated heterocycles. The van der Waals surface area contributed by atoms with Crippen LogP contribution in [0.4, 0.5) is 4.39 Å². The summed E-state index contributed by atoms with van der Waals surface area (Å²) in [6, 6.07) is 4.11. The first-order valence-electron chi connectivity index (χ1n) is 3.44. The van der Waals surface area contributed by atoms with E-state index in [2.05, 4.69) is 0 Å². The van der Waals surface area contributed by atoms with Crippen LogP contribution in [0.25, 0.3) is 6.08 Å². The fraction of sp³-hybridized carbons (Fsp3) is 0. The maximum Gasteiger partial charge on any atom is 0.131 e. The third-order valence-corrected chi connectivity index (χ3v) is 1.72. The van der Waals surface area contributed by atoms with Gasteiger partial charge in [-0.1, -0.05) is 17.7 Å². The molecular weight excluding hydrogens is 195 g/mol. The van der Waals surface area contributed by atoms with Crippen molar-refractivity contribution in [3.05, 3.63) is 40.7 Å². The number of hydrogen-bond acceptors (Lipinski definition) is 2. The number of carboxylic acids is 1. The molecule has 1 rings (SSSR count). The van der Waals surface area contributed by atoms with Crippen LogP contribution >= 0.6 is 11.6 Å². The van der Waals surface area contributed by atoms with Gasteiger partial charge in [0.15, 0.2) is 0 Å². The van der Waals surface area contributed by atoms with E-state index in [1.165, 1.54) is 18.2 Å². The summed E-state index contributed by atoms with van der Waals surface area (Å²) < 4.78 is 13.0. The second-order valence-electron chi connectivity index (χ2n) is 2.29. The SMILES string of the molecule is O=C([O-])C=Cc1c(F)cccc1Cl. The van der Waals surface area contributed by atoms with E-state index in [4.69, 9.17) is 11.6 Å². The van der Waals surface area contributed by atoms with E-state index in [-0.39, 0.29) is 10.6 Å². The number of benzene rings is 1. The van der Waals surface area contributed by atoms with Crippen LogP contribution < -0.4 is 5.11 Å². The second kappa shape index (κ2) is 4.05. The lowest BCUT2D eigenvalue weighted by Gasteiger charge is -1.99. The van der Waals surface area contributed by atoms with E-state index in [0.717, 1.165) is 12.2 Å². The normalized spacial score (nSPS) is 10.6. The van der Waals surface area contributed by atoms with Gasteiger partial charge in [-0.05, 0) is 24.3 Å². The first kappa shape index (κ1) is 9.74. The highest BCUT2D eigenvalue weighted by atomic mass is 35.5. The van der Waals surface area contributed by atoms with Gasteiger partial charge in [0.05, 0.1) is 11.0 Å². The summed E-state index contributed by atoms with van der Waals surface area (Å²) in [5.41, 5.74) is 0.0494. The molecule has 0 radical (unpaired) electrons. The van der Waals surface area contributed by atoms with Gasteiger partial charge in [0.1, 0.15) is 5.82 Å². The number of rotatable bonds is 2. The van der Waals surface area contributed by atoms with Gasteiger partial charge in [-0.3, -0.25) is 0 Å². The van der Waals surface area contributed by atoms with Crippen LogP contribution in [-0.4, -0.2) is 5.97 Å². The summed E-state index contributed by atoms with van der Waals surface area (Å²) in [6.07, 6.45) is 1.79. The highest BCUT2D eigenvalue weighted by molar-refractivity contribution is 6.32. The maximum atomic E-state index is 13.0. The summed E-state index contributed by atoms with van der Waals surface area (Å²) >= 11 is 5.61. The molecule has 0 aliphatic rings. The van der Waals surface area contributed by atoms with Crippen molar-refractivity contribution in [1.29, 1.82) is 0 Å². The Balaban J connectivity index is 3.06. The third-order valence-electron chi connectivity index (χ3n) is 1.39. The van der Waals surface area contributed by atoms with Crippen molar-refractivity contribution < 1.29 is 14.3 Å². The zero-order valence-corrected chi connectivity index (χ0v) is 7.22. The fourth-order valence-corrected chi connectivity index (χ4v) is 1.05. The lowest BCUT2D eigenvalue weighted by Crippen LogP contribution is -2.18. The molecule has 0 spiro atoms. The summed E-state index contributed by atoms with van der Waals surface area (Å²) in [5.74, 6) is -1.95. The highest BCUT2D eigenvalue weighted by Gasteiger charge is 2.01. The first-order valence-corrected chi connectivity index (χ1v) is 3.82. The molecule has 0 unspecified atom stereocenters. The molecule has 0 fully saturated rings. The van der Waals surface area contributed by atoms with Crippen LogP contribution in [0, 0.1) is 5.82 Å². The zero-order valence-electron chi connectivity index (χ0n) is 6.46. The van der Waals surface area contributed by atoms with E-state index in [1.807, 2.05) is 0 Å². The Labute approximate surface area is 79.3 Å². The molecule has 0 N–H and O–H groups in total. The van der Waals surface area contributed by atoms with Gasteiger partial charge in [-0.15, -0.1) is 0 Å². The van der Waals surface area contributed by atoms with Gasteiger partial charge >= 0.3 is 0 Å². The van der Waals surface area contributed by atoms with Gasteiger partial charge in [0.2, 0.25) is 0 Å². The molecule has 13 heavy (non-hydrogen) atoms. The average molecular weight is 200 g/mol. The van der Waals surface area contributed by atoms with E-state index in [0.29, 0.717) is 0 Å². The molecule has 0 aromatic heterocycles. The van der Waals surface area contributed by atoms with Crippen molar-refractivity contribution >= 4 is 23.6 Å². The second-order valence-corrected chi connectivity index (χ2v) is 2.69. The Hall–Kier alpha value is -1.35. The van der Waals surface area contributed by atoms with Gasteiger partial charge < -0.3 is 9.90 Å². The van der Waals surface area contributed by atoms with Crippen LogP contribution in [0.5, 0.6) is 0 Å². The number of carbonyl (C=O) groups excluding carboxylic acids is 1. The van der Waals surface area contributed by atoms with E-state index < -0.39 is 11.8 Å². The fourth-order valence-electron chi connectivity index (χ4n) is 0.821. The molecule has 0 amide bonds. The number of hydrogen-bond donors (Lipinski definition) is 0. The topological polar surface area (TPSA) is 40.1 Å². The first-order chi connectivity index (χ1) is 6.11. The van der Waals surface area contributed by atoms with Gasteiger partial charge in [-0.25, -0.2) is 4.39 Å². The molecule has 0 atom stereocenters. The molecule has 2 nitrogen and oxygen atoms in total. The van der Waals surface area contributed by atoms with Crippen molar-refractivity contribution in [3.8, 4) is 0 Å². The number of halogens is 2. The minimum atomic E-state index is -1.39. The minimum Gasteiger partial charge on any atom is -0.545 e. The van der Waals surface area contributed by atoms with Crippen molar-refractivity contribution in [1.82, 2.24) is 0 Å². The maximum absolute atomic E-state index is 13.0. The van der Waals surface area contributed by atoms with Crippen LogP contribution in [0.15, 0.2) is 24.3 Å². The van der Waals surface area contributed by atoms with Gasteiger partial charge in [0, 0.05) is 5.56 Å². The van der Waals surface area contributed by atoms with E-state index in [9.17, 15) is 14.3 Å². The number of carboxylic acid groups (broad SMARTS) is 1. The van der Waals surface area contributed by atoms with Crippen LogP contribution in [0.1, 0.15) is 5.56 Å². The summed E-state index contributed by atoms with van der Waals surface area (Å²) in [7, 11) is 0. The molecule has 0 aliphatic heterocycles. The van der Waals surface area contributed by atoms with Gasteiger partial charge in [0.25, 0.3) is 0 Å². The van der Waals surface area contributed by atoms with E-state index in [1.54, 1.807) is 0 Å². The molecule has 0 bridgehead atoms. The minimum absolute atomic E-state index is 0.0494. The largest absolute Gasteiger partial charge is 0.545 e. The molecule has 1 aromatic carbocycles. The molecule has 4 heteroatoms. The summed E-state index contributed by atoms with van der Waals surface area (Å²) in [6.45, 7) is 0. The Morgan fingerprint density at radius 3 is 2.77 bits per heavy atom. The van der Waals surface area contributed by atoms with Crippen LogP contribution in [-0.2, 0) is 4.79 Å². The molecule has 1 aromatic rings. The molecule has 0 heterocycles. The standard InChI is InChI=1S/C9H6ClFO2/c10-7-2-1-3-8(11)6(7)4-5-9(12)13/h1-5H,(H,12,13)/p-1. The predicted molar refractivity (Wildman–Crippen MR) is 45.5 cm³/mol. The monoisotopic (exact) mass is 199 g/mol. The van der Waals surface area contributed by atoms with Crippen molar-refractivity contribution in [3.63, 3.8) is 0 Å². The quantitative estimate of drug-likeness (QED) is 0.673. The Bertz CT molecular complexity index is 340. The average Bonchev–Trinajstić information content (AvgIpc) is 2.03. The highest BCUT2D eigenvalue weighted by Crippen LogP contribution is 2.19. The lowest BCUT2D eigenvalue weighted by atomic mass is 10.2. The number of carbonyl (C=O) groups is 1. The zero-order chi connectivity index (χ0) is 9.84. The smallest absolute Gasteiger partial charge is 0.131 e. The number of aliphatic carboxylic acids is 1. The van der Waals surface area contributed by atoms with Crippen molar-refractivity contribution in [2.75, 3.05) is 0 Å². The molecule has 68 valence electrons. The van der Waals surface area contributed by atoms with Crippen LogP contribution in [0.2, 0.25) is 5.02 Å². The van der Waals surface area contributed by atoms with Crippen molar-refractivity contribution in [2.45, 2.75) is 0 Å². The van der Waals surface area contributed by atoms with Crippen molar-refractivity contribution in [2.24, 2.45) is 0 Å². The summed E-state index contributed by atoms with van der Waals surface area (Å²) in [5, 5.41) is 10.2. The Morgan fingerprint density at radius 1 is 1.54 bits per heavy atom. The van der Waals surface area contributed by atoms with E-state index >= 15 is 0 Å². The molecule has 0 aliphatic carbocycles. The molecular formula is C9H5ClFO2-. The Morgan fingerprint density at radius 2 is 2.23 bits per heavy atom.